The number of rotatable bonds is 5. The van der Waals surface area contributed by atoms with Gasteiger partial charge in [0.2, 0.25) is 5.91 Å². The Bertz CT molecular complexity index is 894. The van der Waals surface area contributed by atoms with Crippen molar-refractivity contribution < 1.29 is 9.59 Å². The number of anilines is 1. The van der Waals surface area contributed by atoms with Crippen LogP contribution in [0.4, 0.5) is 5.69 Å². The van der Waals surface area contributed by atoms with Crippen LogP contribution >= 0.6 is 15.9 Å². The van der Waals surface area contributed by atoms with Crippen LogP contribution in [-0.2, 0) is 11.3 Å². The zero-order valence-electron chi connectivity index (χ0n) is 17.1. The third-order valence-electron chi connectivity index (χ3n) is 6.00. The number of carbonyl (C=O) groups excluding carboxylic acids is 2. The lowest BCUT2D eigenvalue weighted by Crippen LogP contribution is -2.40. The molecule has 0 spiro atoms. The Morgan fingerprint density at radius 3 is 2.47 bits per heavy atom. The van der Waals surface area contributed by atoms with E-state index < -0.39 is 0 Å². The van der Waals surface area contributed by atoms with Gasteiger partial charge in [0.1, 0.15) is 0 Å². The first-order chi connectivity index (χ1) is 14.6. The van der Waals surface area contributed by atoms with Crippen molar-refractivity contribution in [3.8, 4) is 0 Å². The number of hydrogen-bond donors (Lipinski definition) is 1. The van der Waals surface area contributed by atoms with E-state index in [-0.39, 0.29) is 17.7 Å². The third kappa shape index (κ3) is 5.10. The second-order valence-electron chi connectivity index (χ2n) is 8.23. The van der Waals surface area contributed by atoms with Crippen molar-refractivity contribution in [2.24, 2.45) is 5.92 Å². The molecule has 158 valence electrons. The van der Waals surface area contributed by atoms with Crippen LogP contribution in [0.2, 0.25) is 0 Å². The van der Waals surface area contributed by atoms with Crippen molar-refractivity contribution in [2.45, 2.75) is 32.2 Å². The van der Waals surface area contributed by atoms with E-state index in [4.69, 9.17) is 0 Å². The van der Waals surface area contributed by atoms with Gasteiger partial charge in [-0.1, -0.05) is 40.2 Å². The number of nitrogens with zero attached hydrogens (tertiary/aromatic N) is 2. The Labute approximate surface area is 186 Å². The minimum atomic E-state index is -0.0656. The van der Waals surface area contributed by atoms with E-state index in [1.807, 2.05) is 29.2 Å². The van der Waals surface area contributed by atoms with Crippen LogP contribution in [0.5, 0.6) is 0 Å². The molecule has 2 aromatic carbocycles. The average molecular weight is 470 g/mol. The van der Waals surface area contributed by atoms with E-state index in [2.05, 4.69) is 50.4 Å². The summed E-state index contributed by atoms with van der Waals surface area (Å²) in [5.74, 6) is -0.0368. The Morgan fingerprint density at radius 2 is 1.70 bits per heavy atom. The monoisotopic (exact) mass is 469 g/mol. The summed E-state index contributed by atoms with van der Waals surface area (Å²) in [6, 6.07) is 15.7. The van der Waals surface area contributed by atoms with Gasteiger partial charge in [-0.05, 0) is 62.1 Å². The van der Waals surface area contributed by atoms with Crippen molar-refractivity contribution in [1.82, 2.24) is 9.80 Å². The molecule has 2 aliphatic heterocycles. The zero-order valence-corrected chi connectivity index (χ0v) is 18.7. The molecule has 0 aromatic heterocycles. The Balaban J connectivity index is 1.40. The second-order valence-corrected chi connectivity index (χ2v) is 9.15. The fraction of sp³-hybridized carbons (Fsp3) is 0.417. The molecule has 0 radical (unpaired) electrons. The molecule has 0 aliphatic carbocycles. The SMILES string of the molecule is O=C(Nc1ccccc1C(=O)N1CCCC1)C1CCCN(Cc2ccc(Br)cc2)C1. The van der Waals surface area contributed by atoms with Gasteiger partial charge in [-0.15, -0.1) is 0 Å². The maximum atomic E-state index is 13.0. The molecule has 1 atom stereocenters. The molecule has 2 saturated heterocycles. The number of halogens is 1. The summed E-state index contributed by atoms with van der Waals surface area (Å²) in [4.78, 5) is 30.1. The maximum absolute atomic E-state index is 13.0. The van der Waals surface area contributed by atoms with Crippen molar-refractivity contribution in [1.29, 1.82) is 0 Å². The first-order valence-corrected chi connectivity index (χ1v) is 11.6. The Kier molecular flexibility index (Phi) is 6.85. The highest BCUT2D eigenvalue weighted by Crippen LogP contribution is 2.24. The normalized spacial score (nSPS) is 19.6. The summed E-state index contributed by atoms with van der Waals surface area (Å²) >= 11 is 3.47. The van der Waals surface area contributed by atoms with Crippen molar-refractivity contribution in [3.05, 3.63) is 64.1 Å². The number of carbonyl (C=O) groups is 2. The first kappa shape index (κ1) is 21.1. The van der Waals surface area contributed by atoms with Crippen molar-refractivity contribution >= 4 is 33.4 Å². The molecule has 0 saturated carbocycles. The minimum Gasteiger partial charge on any atom is -0.339 e. The molecule has 2 aromatic rings. The summed E-state index contributed by atoms with van der Waals surface area (Å²) in [5.41, 5.74) is 2.47. The summed E-state index contributed by atoms with van der Waals surface area (Å²) in [6.45, 7) is 4.19. The molecule has 2 fully saturated rings. The van der Waals surface area contributed by atoms with Gasteiger partial charge in [-0.2, -0.15) is 0 Å². The molecule has 5 nitrogen and oxygen atoms in total. The van der Waals surface area contributed by atoms with Gasteiger partial charge < -0.3 is 10.2 Å². The van der Waals surface area contributed by atoms with Crippen LogP contribution in [0.3, 0.4) is 0 Å². The van der Waals surface area contributed by atoms with Crippen LogP contribution in [0.25, 0.3) is 0 Å². The van der Waals surface area contributed by atoms with Crippen molar-refractivity contribution in [2.75, 3.05) is 31.5 Å². The van der Waals surface area contributed by atoms with Gasteiger partial charge in [0, 0.05) is 30.7 Å². The highest BCUT2D eigenvalue weighted by molar-refractivity contribution is 9.10. The summed E-state index contributed by atoms with van der Waals surface area (Å²) in [5, 5.41) is 3.06. The van der Waals surface area contributed by atoms with Crippen LogP contribution in [0.1, 0.15) is 41.6 Å². The standard InChI is InChI=1S/C24H28BrN3O2/c25-20-11-9-18(10-12-20)16-27-13-5-6-19(17-27)23(29)26-22-8-2-1-7-21(22)24(30)28-14-3-4-15-28/h1-2,7-12,19H,3-6,13-17H2,(H,26,29). The lowest BCUT2D eigenvalue weighted by atomic mass is 9.96. The molecule has 30 heavy (non-hydrogen) atoms. The van der Waals surface area contributed by atoms with Gasteiger partial charge in [0.05, 0.1) is 17.2 Å². The number of nitrogens with one attached hydrogen (secondary N) is 1. The van der Waals surface area contributed by atoms with Crippen LogP contribution in [0, 0.1) is 5.92 Å². The third-order valence-corrected chi connectivity index (χ3v) is 6.53. The molecule has 2 heterocycles. The number of para-hydroxylation sites is 1. The molecule has 2 aliphatic rings. The van der Waals surface area contributed by atoms with E-state index in [0.29, 0.717) is 11.3 Å². The van der Waals surface area contributed by atoms with E-state index in [0.717, 1.165) is 62.9 Å². The molecule has 1 N–H and O–H groups in total. The van der Waals surface area contributed by atoms with E-state index >= 15 is 0 Å². The lowest BCUT2D eigenvalue weighted by molar-refractivity contribution is -0.121. The largest absolute Gasteiger partial charge is 0.339 e. The number of hydrogen-bond acceptors (Lipinski definition) is 3. The van der Waals surface area contributed by atoms with Gasteiger partial charge >= 0.3 is 0 Å². The van der Waals surface area contributed by atoms with Crippen LogP contribution < -0.4 is 5.32 Å². The molecule has 6 heteroatoms. The van der Waals surface area contributed by atoms with Crippen LogP contribution in [-0.4, -0.2) is 47.8 Å². The molecule has 1 unspecified atom stereocenters. The smallest absolute Gasteiger partial charge is 0.255 e. The molecule has 2 amide bonds. The summed E-state index contributed by atoms with van der Waals surface area (Å²) < 4.78 is 1.07. The maximum Gasteiger partial charge on any atom is 0.255 e. The Morgan fingerprint density at radius 1 is 0.967 bits per heavy atom. The van der Waals surface area contributed by atoms with E-state index in [1.165, 1.54) is 5.56 Å². The second kappa shape index (κ2) is 9.75. The highest BCUT2D eigenvalue weighted by Gasteiger charge is 2.28. The highest BCUT2D eigenvalue weighted by atomic mass is 79.9. The van der Waals surface area contributed by atoms with Crippen molar-refractivity contribution in [3.63, 3.8) is 0 Å². The van der Waals surface area contributed by atoms with E-state index in [9.17, 15) is 9.59 Å². The van der Waals surface area contributed by atoms with Gasteiger partial charge in [0.15, 0.2) is 0 Å². The van der Waals surface area contributed by atoms with Gasteiger partial charge in [0.25, 0.3) is 5.91 Å². The lowest BCUT2D eigenvalue weighted by Gasteiger charge is -2.32. The van der Waals surface area contributed by atoms with E-state index in [1.54, 1.807) is 0 Å². The van der Waals surface area contributed by atoms with Gasteiger partial charge in [-0.3, -0.25) is 14.5 Å². The molecular weight excluding hydrogens is 442 g/mol. The zero-order chi connectivity index (χ0) is 20.9. The average Bonchev–Trinajstić information content (AvgIpc) is 3.30. The Hall–Kier alpha value is -2.18. The first-order valence-electron chi connectivity index (χ1n) is 10.8. The van der Waals surface area contributed by atoms with Gasteiger partial charge in [-0.25, -0.2) is 0 Å². The number of amides is 2. The summed E-state index contributed by atoms with van der Waals surface area (Å²) in [7, 11) is 0. The predicted octanol–water partition coefficient (Wildman–Crippen LogP) is 4.54. The van der Waals surface area contributed by atoms with Crippen LogP contribution in [0.15, 0.2) is 53.0 Å². The quantitative estimate of drug-likeness (QED) is 0.699. The topological polar surface area (TPSA) is 52.7 Å². The fourth-order valence-corrected chi connectivity index (χ4v) is 4.63. The predicted molar refractivity (Wildman–Crippen MR) is 122 cm³/mol. The molecule has 0 bridgehead atoms. The number of benzene rings is 2. The fourth-order valence-electron chi connectivity index (χ4n) is 4.37. The summed E-state index contributed by atoms with van der Waals surface area (Å²) in [6.07, 6.45) is 3.99. The molecular formula is C24H28BrN3O2. The minimum absolute atomic E-state index is 0.0113. The number of likely N-dealkylation sites (tertiary alicyclic amines) is 2. The molecule has 4 rings (SSSR count). The number of piperidine rings is 1.